The SMILES string of the molecule is O=C(Cl)N1CCC1. The number of likely N-dealkylation sites (tertiary alicyclic amines) is 1. The van der Waals surface area contributed by atoms with Crippen LogP contribution in [0.4, 0.5) is 4.79 Å². The number of hydrogen-bond donors (Lipinski definition) is 0. The van der Waals surface area contributed by atoms with E-state index in [0.29, 0.717) is 0 Å². The van der Waals surface area contributed by atoms with E-state index in [9.17, 15) is 4.79 Å². The molecule has 0 atom stereocenters. The average Bonchev–Trinajstić information content (AvgIpc) is 1.23. The average molecular weight is 120 g/mol. The normalized spacial score (nSPS) is 18.7. The molecule has 3 heteroatoms. The molecule has 7 heavy (non-hydrogen) atoms. The van der Waals surface area contributed by atoms with E-state index >= 15 is 0 Å². The summed E-state index contributed by atoms with van der Waals surface area (Å²) in [5.41, 5.74) is 0. The van der Waals surface area contributed by atoms with Crippen LogP contribution < -0.4 is 0 Å². The van der Waals surface area contributed by atoms with Crippen LogP contribution in [-0.2, 0) is 0 Å². The largest absolute Gasteiger partial charge is 0.329 e. The second-order valence-electron chi connectivity index (χ2n) is 1.59. The summed E-state index contributed by atoms with van der Waals surface area (Å²) in [5, 5.41) is -0.314. The number of hydrogen-bond acceptors (Lipinski definition) is 1. The van der Waals surface area contributed by atoms with Crippen LogP contribution in [0.3, 0.4) is 0 Å². The third kappa shape index (κ3) is 0.855. The summed E-state index contributed by atoms with van der Waals surface area (Å²) >= 11 is 5.07. The van der Waals surface area contributed by atoms with Gasteiger partial charge in [-0.25, -0.2) is 0 Å². The molecule has 0 unspecified atom stereocenters. The molecule has 1 aliphatic rings. The van der Waals surface area contributed by atoms with Crippen molar-refractivity contribution >= 4 is 17.0 Å². The lowest BCUT2D eigenvalue weighted by atomic mass is 10.2. The molecule has 0 aliphatic carbocycles. The van der Waals surface area contributed by atoms with E-state index in [4.69, 9.17) is 11.6 Å². The van der Waals surface area contributed by atoms with Gasteiger partial charge in [-0.2, -0.15) is 0 Å². The van der Waals surface area contributed by atoms with Crippen LogP contribution in [0.5, 0.6) is 0 Å². The van der Waals surface area contributed by atoms with Crippen LogP contribution in [0, 0.1) is 0 Å². The van der Waals surface area contributed by atoms with Gasteiger partial charge in [-0.15, -0.1) is 0 Å². The Bertz CT molecular complexity index is 89.7. The molecule has 0 radical (unpaired) electrons. The molecule has 0 N–H and O–H groups in total. The number of carbonyl (C=O) groups excluding carboxylic acids is 1. The van der Waals surface area contributed by atoms with Gasteiger partial charge in [0, 0.05) is 13.1 Å². The predicted octanol–water partition coefficient (Wildman–Crippen LogP) is 1.05. The standard InChI is InChI=1S/C4H6ClNO/c5-4(7)6-2-1-3-6/h1-3H2. The van der Waals surface area contributed by atoms with Crippen LogP contribution in [-0.4, -0.2) is 23.4 Å². The fourth-order valence-corrected chi connectivity index (χ4v) is 0.661. The van der Waals surface area contributed by atoms with Gasteiger partial charge in [0.2, 0.25) is 0 Å². The Labute approximate surface area is 47.1 Å². The molecule has 1 fully saturated rings. The quantitative estimate of drug-likeness (QED) is 0.345. The molecule has 0 aromatic carbocycles. The Hall–Kier alpha value is -0.240. The first-order valence-electron chi connectivity index (χ1n) is 2.25. The summed E-state index contributed by atoms with van der Waals surface area (Å²) in [5.74, 6) is 0. The highest BCUT2D eigenvalue weighted by atomic mass is 35.5. The van der Waals surface area contributed by atoms with E-state index in [1.54, 1.807) is 4.90 Å². The van der Waals surface area contributed by atoms with Gasteiger partial charge in [0.15, 0.2) is 0 Å². The van der Waals surface area contributed by atoms with Gasteiger partial charge < -0.3 is 4.90 Å². The zero-order valence-corrected chi connectivity index (χ0v) is 4.61. The molecule has 1 rings (SSSR count). The molecule has 2 nitrogen and oxygen atoms in total. The predicted molar refractivity (Wildman–Crippen MR) is 27.4 cm³/mol. The molecule has 0 aromatic rings. The van der Waals surface area contributed by atoms with Crippen LogP contribution in [0.2, 0.25) is 0 Å². The number of halogens is 1. The monoisotopic (exact) mass is 119 g/mol. The molecular formula is C4H6ClNO. The maximum absolute atomic E-state index is 10.1. The zero-order chi connectivity index (χ0) is 5.28. The van der Waals surface area contributed by atoms with Crippen molar-refractivity contribution in [3.8, 4) is 0 Å². The van der Waals surface area contributed by atoms with Crippen molar-refractivity contribution in [3.63, 3.8) is 0 Å². The number of amides is 1. The van der Waals surface area contributed by atoms with Crippen molar-refractivity contribution in [1.29, 1.82) is 0 Å². The van der Waals surface area contributed by atoms with E-state index in [1.165, 1.54) is 0 Å². The van der Waals surface area contributed by atoms with E-state index in [1.807, 2.05) is 0 Å². The second-order valence-corrected chi connectivity index (χ2v) is 1.92. The van der Waals surface area contributed by atoms with Gasteiger partial charge in [-0.05, 0) is 18.0 Å². The lowest BCUT2D eigenvalue weighted by molar-refractivity contribution is 0.191. The highest BCUT2D eigenvalue weighted by Gasteiger charge is 2.16. The molecule has 0 saturated carbocycles. The zero-order valence-electron chi connectivity index (χ0n) is 3.85. The molecule has 40 valence electrons. The third-order valence-electron chi connectivity index (χ3n) is 1.10. The molecule has 1 aliphatic heterocycles. The van der Waals surface area contributed by atoms with Crippen molar-refractivity contribution < 1.29 is 4.79 Å². The number of nitrogens with zero attached hydrogens (tertiary/aromatic N) is 1. The van der Waals surface area contributed by atoms with Crippen LogP contribution >= 0.6 is 11.6 Å². The summed E-state index contributed by atoms with van der Waals surface area (Å²) in [6.07, 6.45) is 1.11. The minimum Gasteiger partial charge on any atom is -0.329 e. The van der Waals surface area contributed by atoms with Gasteiger partial charge >= 0.3 is 5.37 Å². The lowest BCUT2D eigenvalue weighted by Gasteiger charge is -2.27. The van der Waals surface area contributed by atoms with Crippen molar-refractivity contribution in [2.24, 2.45) is 0 Å². The summed E-state index contributed by atoms with van der Waals surface area (Å²) in [4.78, 5) is 11.7. The minimum atomic E-state index is -0.314. The summed E-state index contributed by atoms with van der Waals surface area (Å²) in [6, 6.07) is 0. The van der Waals surface area contributed by atoms with E-state index in [-0.39, 0.29) is 5.37 Å². The smallest absolute Gasteiger partial charge is 0.316 e. The lowest BCUT2D eigenvalue weighted by Crippen LogP contribution is -2.38. The van der Waals surface area contributed by atoms with Gasteiger partial charge in [-0.3, -0.25) is 4.79 Å². The van der Waals surface area contributed by atoms with Crippen molar-refractivity contribution in [3.05, 3.63) is 0 Å². The molecule has 0 aromatic heterocycles. The molecule has 1 amide bonds. The highest BCUT2D eigenvalue weighted by molar-refractivity contribution is 6.62. The third-order valence-corrected chi connectivity index (χ3v) is 1.34. The molecular weight excluding hydrogens is 114 g/mol. The van der Waals surface area contributed by atoms with Gasteiger partial charge in [-0.1, -0.05) is 0 Å². The molecule has 0 bridgehead atoms. The Morgan fingerprint density at radius 1 is 1.57 bits per heavy atom. The minimum absolute atomic E-state index is 0.314. The first-order chi connectivity index (χ1) is 3.30. The van der Waals surface area contributed by atoms with Gasteiger partial charge in [0.25, 0.3) is 0 Å². The fourth-order valence-electron chi connectivity index (χ4n) is 0.492. The Kier molecular flexibility index (Phi) is 1.19. The topological polar surface area (TPSA) is 20.3 Å². The van der Waals surface area contributed by atoms with Crippen molar-refractivity contribution in [2.75, 3.05) is 13.1 Å². The molecule has 1 saturated heterocycles. The van der Waals surface area contributed by atoms with E-state index in [0.717, 1.165) is 19.5 Å². The summed E-state index contributed by atoms with van der Waals surface area (Å²) in [6.45, 7) is 1.70. The van der Waals surface area contributed by atoms with E-state index in [2.05, 4.69) is 0 Å². The first kappa shape index (κ1) is 4.91. The fraction of sp³-hybridized carbons (Fsp3) is 0.750. The second kappa shape index (κ2) is 1.70. The molecule has 1 heterocycles. The highest BCUT2D eigenvalue weighted by Crippen LogP contribution is 2.07. The van der Waals surface area contributed by atoms with Crippen molar-refractivity contribution in [2.45, 2.75) is 6.42 Å². The first-order valence-corrected chi connectivity index (χ1v) is 2.63. The van der Waals surface area contributed by atoms with E-state index < -0.39 is 0 Å². The number of rotatable bonds is 0. The summed E-state index contributed by atoms with van der Waals surface area (Å²) < 4.78 is 0. The maximum Gasteiger partial charge on any atom is 0.316 e. The Morgan fingerprint density at radius 2 is 2.14 bits per heavy atom. The van der Waals surface area contributed by atoms with Crippen molar-refractivity contribution in [1.82, 2.24) is 4.90 Å². The Balaban J connectivity index is 2.27. The summed E-state index contributed by atoms with van der Waals surface area (Å²) in [7, 11) is 0. The van der Waals surface area contributed by atoms with Crippen LogP contribution in [0.15, 0.2) is 0 Å². The van der Waals surface area contributed by atoms with Crippen LogP contribution in [0.1, 0.15) is 6.42 Å². The van der Waals surface area contributed by atoms with Gasteiger partial charge in [0.05, 0.1) is 0 Å². The van der Waals surface area contributed by atoms with Crippen LogP contribution in [0.25, 0.3) is 0 Å². The number of carbonyl (C=O) groups is 1. The van der Waals surface area contributed by atoms with Gasteiger partial charge in [0.1, 0.15) is 0 Å². The Morgan fingerprint density at radius 3 is 2.14 bits per heavy atom. The maximum atomic E-state index is 10.1. The molecule has 0 spiro atoms.